The summed E-state index contributed by atoms with van der Waals surface area (Å²) in [5.74, 6) is -3.17. The SMILES string of the molecule is CCCCCCC(=O)NCCCCC[C@H](NC(=O)[C@@H](N)CCCCCNC(=O)CCCCCC)C(=O)N[C@H](C(=O)O)[C@H]1O[C@@H](n2ccc(=O)[nH]c2=O)[C@H](O)[C@@H]1O. The molecule has 1 aromatic rings. The third-order valence-corrected chi connectivity index (χ3v) is 9.78. The molecule has 10 N–H and O–H groups in total. The van der Waals surface area contributed by atoms with E-state index >= 15 is 0 Å². The van der Waals surface area contributed by atoms with E-state index in [9.17, 15) is 48.9 Å². The van der Waals surface area contributed by atoms with Gasteiger partial charge in [-0.15, -0.1) is 0 Å². The van der Waals surface area contributed by atoms with Crippen LogP contribution in [0.4, 0.5) is 0 Å². The van der Waals surface area contributed by atoms with E-state index in [1.807, 2.05) is 4.98 Å². The van der Waals surface area contributed by atoms with Crippen LogP contribution >= 0.6 is 0 Å². The number of carbonyl (C=O) groups is 5. The predicted molar refractivity (Wildman–Crippen MR) is 207 cm³/mol. The first-order valence-electron chi connectivity index (χ1n) is 20.3. The molecular formula is C38H65N7O11. The number of carboxylic acids is 1. The van der Waals surface area contributed by atoms with Crippen LogP contribution in [-0.2, 0) is 28.7 Å². The summed E-state index contributed by atoms with van der Waals surface area (Å²) >= 11 is 0. The van der Waals surface area contributed by atoms with E-state index in [0.717, 1.165) is 68.2 Å². The van der Waals surface area contributed by atoms with Gasteiger partial charge >= 0.3 is 11.7 Å². The molecule has 1 aromatic heterocycles. The number of ether oxygens (including phenoxy) is 1. The van der Waals surface area contributed by atoms with Crippen molar-refractivity contribution in [2.75, 3.05) is 13.1 Å². The van der Waals surface area contributed by atoms with Crippen LogP contribution in [0.2, 0.25) is 0 Å². The molecule has 56 heavy (non-hydrogen) atoms. The highest BCUT2D eigenvalue weighted by Gasteiger charge is 2.50. The smallest absolute Gasteiger partial charge is 0.330 e. The molecule has 0 bridgehead atoms. The maximum Gasteiger partial charge on any atom is 0.330 e. The van der Waals surface area contributed by atoms with Crippen LogP contribution in [0.5, 0.6) is 0 Å². The summed E-state index contributed by atoms with van der Waals surface area (Å²) in [6.07, 6.45) is 7.00. The lowest BCUT2D eigenvalue weighted by Gasteiger charge is -2.26. The number of aromatic nitrogens is 2. The lowest BCUT2D eigenvalue weighted by atomic mass is 10.0. The number of aromatic amines is 1. The van der Waals surface area contributed by atoms with Gasteiger partial charge < -0.3 is 47.1 Å². The summed E-state index contributed by atoms with van der Waals surface area (Å²) in [6, 6.07) is -3.16. The second-order valence-electron chi connectivity index (χ2n) is 14.5. The summed E-state index contributed by atoms with van der Waals surface area (Å²) in [4.78, 5) is 89.1. The maximum absolute atomic E-state index is 13.6. The lowest BCUT2D eigenvalue weighted by molar-refractivity contribution is -0.149. The van der Waals surface area contributed by atoms with Crippen molar-refractivity contribution in [3.05, 3.63) is 33.1 Å². The fourth-order valence-corrected chi connectivity index (χ4v) is 6.41. The second-order valence-corrected chi connectivity index (χ2v) is 14.5. The van der Waals surface area contributed by atoms with Crippen LogP contribution in [0.15, 0.2) is 21.9 Å². The third-order valence-electron chi connectivity index (χ3n) is 9.78. The highest BCUT2D eigenvalue weighted by molar-refractivity contribution is 5.92. The van der Waals surface area contributed by atoms with Crippen LogP contribution in [0.1, 0.15) is 136 Å². The highest BCUT2D eigenvalue weighted by atomic mass is 16.6. The Hall–Kier alpha value is -4.13. The van der Waals surface area contributed by atoms with Gasteiger partial charge in [-0.1, -0.05) is 78.1 Å². The number of hydrogen-bond donors (Lipinski definition) is 9. The van der Waals surface area contributed by atoms with E-state index in [4.69, 9.17) is 10.5 Å². The molecule has 0 aliphatic carbocycles. The predicted octanol–water partition coefficient (Wildman–Crippen LogP) is 0.831. The van der Waals surface area contributed by atoms with E-state index in [2.05, 4.69) is 35.1 Å². The summed E-state index contributed by atoms with van der Waals surface area (Å²) < 4.78 is 6.37. The molecule has 0 radical (unpaired) electrons. The Labute approximate surface area is 328 Å². The summed E-state index contributed by atoms with van der Waals surface area (Å²) in [5, 5.41) is 42.2. The molecular weight excluding hydrogens is 730 g/mol. The first-order chi connectivity index (χ1) is 26.8. The van der Waals surface area contributed by atoms with Gasteiger partial charge in [0, 0.05) is 38.2 Å². The van der Waals surface area contributed by atoms with Crippen LogP contribution in [0.25, 0.3) is 0 Å². The van der Waals surface area contributed by atoms with Gasteiger partial charge in [0.2, 0.25) is 23.6 Å². The molecule has 0 saturated carbocycles. The van der Waals surface area contributed by atoms with Crippen molar-refractivity contribution in [2.45, 2.75) is 172 Å². The number of rotatable bonds is 29. The summed E-state index contributed by atoms with van der Waals surface area (Å²) in [5.41, 5.74) is 4.48. The van der Waals surface area contributed by atoms with Crippen molar-refractivity contribution >= 4 is 29.6 Å². The number of unbranched alkanes of at least 4 members (excludes halogenated alkanes) is 10. The van der Waals surface area contributed by atoms with E-state index in [0.29, 0.717) is 70.9 Å². The van der Waals surface area contributed by atoms with Gasteiger partial charge in [-0.2, -0.15) is 0 Å². The number of aliphatic hydroxyl groups is 2. The van der Waals surface area contributed by atoms with Crippen molar-refractivity contribution in [3.63, 3.8) is 0 Å². The number of hydrogen-bond acceptors (Lipinski definition) is 11. The molecule has 0 unspecified atom stereocenters. The normalized spacial score (nSPS) is 19.4. The van der Waals surface area contributed by atoms with Gasteiger partial charge in [0.15, 0.2) is 12.3 Å². The molecule has 0 aromatic carbocycles. The molecule has 7 atom stereocenters. The zero-order chi connectivity index (χ0) is 41.5. The Morgan fingerprint density at radius 3 is 1.86 bits per heavy atom. The number of aliphatic carboxylic acids is 1. The van der Waals surface area contributed by atoms with Crippen molar-refractivity contribution in [1.29, 1.82) is 0 Å². The van der Waals surface area contributed by atoms with Gasteiger partial charge in [0.1, 0.15) is 24.4 Å². The molecule has 318 valence electrons. The number of nitrogens with two attached hydrogens (primary N) is 1. The molecule has 18 heteroatoms. The first-order valence-corrected chi connectivity index (χ1v) is 20.3. The average Bonchev–Trinajstić information content (AvgIpc) is 3.45. The largest absolute Gasteiger partial charge is 0.480 e. The van der Waals surface area contributed by atoms with E-state index in [-0.39, 0.29) is 18.2 Å². The molecule has 1 aliphatic heterocycles. The topological polar surface area (TPSA) is 284 Å². The standard InChI is InChI=1S/C38H65N7O11/c1-3-5-7-13-19-27(46)40-22-15-9-11-17-25(39)34(51)42-26(18-12-10-16-23-41-28(47)20-14-8-6-4-2)35(52)44-30(37(53)54)33-31(49)32(50)36(56-33)45-24-21-29(48)43-38(45)55/h21,24-26,30-33,36,49-50H,3-20,22-23,39H2,1-2H3,(H,40,46)(H,41,47)(H,42,51)(H,44,52)(H,53,54)(H,43,48,55)/t25-,26-,30-,31-,32+,33+,36+/m0/s1. The quantitative estimate of drug-likeness (QED) is 0.0510. The molecule has 1 aliphatic rings. The lowest BCUT2D eigenvalue weighted by Crippen LogP contribution is -2.58. The van der Waals surface area contributed by atoms with Crippen LogP contribution in [0.3, 0.4) is 0 Å². The number of nitrogens with one attached hydrogen (secondary N) is 5. The number of carbonyl (C=O) groups excluding carboxylic acids is 4. The minimum absolute atomic E-state index is 0.0171. The fraction of sp³-hybridized carbons (Fsp3) is 0.763. The van der Waals surface area contributed by atoms with Gasteiger partial charge in [0.25, 0.3) is 5.56 Å². The minimum atomic E-state index is -1.92. The Morgan fingerprint density at radius 1 is 0.768 bits per heavy atom. The fourth-order valence-electron chi connectivity index (χ4n) is 6.41. The Morgan fingerprint density at radius 2 is 1.32 bits per heavy atom. The van der Waals surface area contributed by atoms with Crippen LogP contribution < -0.4 is 38.2 Å². The Kier molecular flexibility index (Phi) is 22.9. The molecule has 2 rings (SSSR count). The van der Waals surface area contributed by atoms with Gasteiger partial charge in [0.05, 0.1) is 6.04 Å². The van der Waals surface area contributed by atoms with Crippen molar-refractivity contribution in [2.24, 2.45) is 5.73 Å². The van der Waals surface area contributed by atoms with Crippen molar-refractivity contribution < 1.29 is 44.0 Å². The van der Waals surface area contributed by atoms with Gasteiger partial charge in [-0.05, 0) is 38.5 Å². The minimum Gasteiger partial charge on any atom is -0.480 e. The molecule has 2 heterocycles. The van der Waals surface area contributed by atoms with Crippen molar-refractivity contribution in [1.82, 2.24) is 30.8 Å². The average molecular weight is 796 g/mol. The van der Waals surface area contributed by atoms with Crippen molar-refractivity contribution in [3.8, 4) is 0 Å². The Bertz CT molecular complexity index is 1490. The zero-order valence-electron chi connectivity index (χ0n) is 33.0. The van der Waals surface area contributed by atoms with Gasteiger partial charge in [-0.3, -0.25) is 33.5 Å². The maximum atomic E-state index is 13.6. The second kappa shape index (κ2) is 26.7. The van der Waals surface area contributed by atoms with Crippen LogP contribution in [0, 0.1) is 0 Å². The number of aliphatic hydroxyl groups excluding tert-OH is 2. The van der Waals surface area contributed by atoms with E-state index in [1.165, 1.54) is 0 Å². The van der Waals surface area contributed by atoms with Crippen LogP contribution in [-0.4, -0.2) is 104 Å². The number of carboxylic acid groups (broad SMARTS) is 1. The first kappa shape index (κ1) is 48.0. The number of H-pyrrole nitrogens is 1. The molecule has 18 nitrogen and oxygen atoms in total. The van der Waals surface area contributed by atoms with Gasteiger partial charge in [-0.25, -0.2) is 9.59 Å². The highest BCUT2D eigenvalue weighted by Crippen LogP contribution is 2.30. The zero-order valence-corrected chi connectivity index (χ0v) is 33.0. The molecule has 1 saturated heterocycles. The summed E-state index contributed by atoms with van der Waals surface area (Å²) in [6.45, 7) is 5.16. The van der Waals surface area contributed by atoms with E-state index in [1.54, 1.807) is 0 Å². The monoisotopic (exact) mass is 795 g/mol. The summed E-state index contributed by atoms with van der Waals surface area (Å²) in [7, 11) is 0. The molecule has 4 amide bonds. The third kappa shape index (κ3) is 17.3. The molecule has 1 fully saturated rings. The number of nitrogens with zero attached hydrogens (tertiary/aromatic N) is 1. The van der Waals surface area contributed by atoms with E-state index < -0.39 is 71.7 Å². The Balaban J connectivity index is 2.01. The molecule has 0 spiro atoms. The number of amides is 4.